The molecule has 1 aromatic rings. The molecule has 7 heteroatoms. The maximum Gasteiger partial charge on any atom is 0.222 e. The van der Waals surface area contributed by atoms with E-state index in [0.29, 0.717) is 25.1 Å². The van der Waals surface area contributed by atoms with Gasteiger partial charge < -0.3 is 10.2 Å². The molecule has 1 N–H and O–H groups in total. The zero-order valence-electron chi connectivity index (χ0n) is 12.8. The number of carbonyl (C=O) groups is 1. The first-order valence-electron chi connectivity index (χ1n) is 7.29. The summed E-state index contributed by atoms with van der Waals surface area (Å²) in [4.78, 5) is 13.0. The highest BCUT2D eigenvalue weighted by Crippen LogP contribution is 2.20. The molecule has 122 valence electrons. The summed E-state index contributed by atoms with van der Waals surface area (Å²) < 4.78 is 36.6. The van der Waals surface area contributed by atoms with Crippen LogP contribution in [0.15, 0.2) is 23.1 Å². The van der Waals surface area contributed by atoms with Gasteiger partial charge in [0.15, 0.2) is 9.84 Å². The fourth-order valence-electron chi connectivity index (χ4n) is 2.56. The molecule has 1 saturated heterocycles. The molecule has 1 amide bonds. The normalized spacial score (nSPS) is 17.0. The molecule has 0 bridgehead atoms. The van der Waals surface area contributed by atoms with E-state index in [9.17, 15) is 17.6 Å². The number of nitrogens with zero attached hydrogens (tertiary/aromatic N) is 1. The van der Waals surface area contributed by atoms with Crippen LogP contribution in [0.4, 0.5) is 4.39 Å². The minimum absolute atomic E-state index is 0.124. The second-order valence-electron chi connectivity index (χ2n) is 5.62. The van der Waals surface area contributed by atoms with Gasteiger partial charge in [0.25, 0.3) is 0 Å². The number of halogens is 1. The van der Waals surface area contributed by atoms with Gasteiger partial charge in [-0.25, -0.2) is 12.8 Å². The van der Waals surface area contributed by atoms with E-state index < -0.39 is 15.7 Å². The number of amides is 1. The van der Waals surface area contributed by atoms with Crippen molar-refractivity contribution in [1.29, 1.82) is 0 Å². The predicted octanol–water partition coefficient (Wildman–Crippen LogP) is 1.50. The van der Waals surface area contributed by atoms with E-state index in [1.165, 1.54) is 12.1 Å². The molecule has 22 heavy (non-hydrogen) atoms. The molecular weight excluding hydrogens is 307 g/mol. The van der Waals surface area contributed by atoms with Crippen LogP contribution in [0.25, 0.3) is 0 Å². The zero-order valence-corrected chi connectivity index (χ0v) is 13.6. The van der Waals surface area contributed by atoms with Gasteiger partial charge in [0.1, 0.15) is 10.7 Å². The minimum Gasteiger partial charge on any atom is -0.341 e. The van der Waals surface area contributed by atoms with Crippen molar-refractivity contribution in [2.45, 2.75) is 30.7 Å². The van der Waals surface area contributed by atoms with E-state index in [1.54, 1.807) is 6.07 Å². The quantitative estimate of drug-likeness (QED) is 0.859. The SMILES string of the molecule is CC(NCCN1CCCC1=O)c1ccc(S(C)(=O)=O)c(F)c1. The molecule has 0 aromatic heterocycles. The Hall–Kier alpha value is -1.47. The van der Waals surface area contributed by atoms with Gasteiger partial charge in [-0.05, 0) is 31.0 Å². The summed E-state index contributed by atoms with van der Waals surface area (Å²) in [5.41, 5.74) is 0.678. The van der Waals surface area contributed by atoms with Crippen molar-refractivity contribution in [2.75, 3.05) is 25.9 Å². The predicted molar refractivity (Wildman–Crippen MR) is 81.7 cm³/mol. The zero-order chi connectivity index (χ0) is 16.3. The van der Waals surface area contributed by atoms with Gasteiger partial charge in [-0.15, -0.1) is 0 Å². The summed E-state index contributed by atoms with van der Waals surface area (Å²) >= 11 is 0. The third kappa shape index (κ3) is 4.04. The largest absolute Gasteiger partial charge is 0.341 e. The van der Waals surface area contributed by atoms with Crippen LogP contribution in [0.2, 0.25) is 0 Å². The van der Waals surface area contributed by atoms with Gasteiger partial charge in [0.05, 0.1) is 0 Å². The lowest BCUT2D eigenvalue weighted by molar-refractivity contribution is -0.127. The van der Waals surface area contributed by atoms with E-state index in [-0.39, 0.29) is 16.8 Å². The highest BCUT2D eigenvalue weighted by atomic mass is 32.2. The van der Waals surface area contributed by atoms with Crippen molar-refractivity contribution in [3.63, 3.8) is 0 Å². The Morgan fingerprint density at radius 2 is 2.14 bits per heavy atom. The molecule has 0 aliphatic carbocycles. The molecule has 1 unspecified atom stereocenters. The number of hydrogen-bond donors (Lipinski definition) is 1. The number of hydrogen-bond acceptors (Lipinski definition) is 4. The molecule has 0 radical (unpaired) electrons. The molecule has 0 spiro atoms. The molecule has 1 heterocycles. The lowest BCUT2D eigenvalue weighted by Gasteiger charge is -2.19. The van der Waals surface area contributed by atoms with E-state index in [1.807, 2.05) is 11.8 Å². The van der Waals surface area contributed by atoms with Crippen LogP contribution in [0.5, 0.6) is 0 Å². The average molecular weight is 328 g/mol. The fraction of sp³-hybridized carbons (Fsp3) is 0.533. The number of rotatable bonds is 6. The minimum atomic E-state index is -3.55. The topological polar surface area (TPSA) is 66.5 Å². The highest BCUT2D eigenvalue weighted by Gasteiger charge is 2.20. The van der Waals surface area contributed by atoms with Gasteiger partial charge in [0, 0.05) is 38.4 Å². The Morgan fingerprint density at radius 1 is 1.41 bits per heavy atom. The van der Waals surface area contributed by atoms with Crippen molar-refractivity contribution in [3.8, 4) is 0 Å². The monoisotopic (exact) mass is 328 g/mol. The van der Waals surface area contributed by atoms with Crippen LogP contribution in [0, 0.1) is 5.82 Å². The maximum absolute atomic E-state index is 13.9. The second kappa shape index (κ2) is 6.75. The molecule has 1 aromatic carbocycles. The smallest absolute Gasteiger partial charge is 0.222 e. The van der Waals surface area contributed by atoms with E-state index in [2.05, 4.69) is 5.32 Å². The number of likely N-dealkylation sites (tertiary alicyclic amines) is 1. The summed E-state index contributed by atoms with van der Waals surface area (Å²) in [6.07, 6.45) is 2.51. The van der Waals surface area contributed by atoms with Gasteiger partial charge in [-0.3, -0.25) is 4.79 Å². The van der Waals surface area contributed by atoms with Gasteiger partial charge in [-0.1, -0.05) is 6.07 Å². The van der Waals surface area contributed by atoms with E-state index in [0.717, 1.165) is 19.2 Å². The summed E-state index contributed by atoms with van der Waals surface area (Å²) in [5.74, 6) is -0.554. The van der Waals surface area contributed by atoms with Crippen molar-refractivity contribution in [2.24, 2.45) is 0 Å². The summed E-state index contributed by atoms with van der Waals surface area (Å²) in [6.45, 7) is 3.92. The lowest BCUT2D eigenvalue weighted by Crippen LogP contribution is -2.33. The number of sulfone groups is 1. The third-order valence-corrected chi connectivity index (χ3v) is 4.99. The first-order valence-corrected chi connectivity index (χ1v) is 9.19. The highest BCUT2D eigenvalue weighted by molar-refractivity contribution is 7.90. The Balaban J connectivity index is 1.94. The summed E-state index contributed by atoms with van der Waals surface area (Å²) in [6, 6.07) is 4.02. The molecule has 5 nitrogen and oxygen atoms in total. The van der Waals surface area contributed by atoms with Gasteiger partial charge in [0.2, 0.25) is 5.91 Å². The summed E-state index contributed by atoms with van der Waals surface area (Å²) in [5, 5.41) is 3.22. The molecule has 1 fully saturated rings. The van der Waals surface area contributed by atoms with Crippen molar-refractivity contribution in [3.05, 3.63) is 29.6 Å². The van der Waals surface area contributed by atoms with Gasteiger partial charge in [-0.2, -0.15) is 0 Å². The standard InChI is InChI=1S/C15H21FN2O3S/c1-11(17-7-9-18-8-3-4-15(18)19)12-5-6-14(13(16)10-12)22(2,20)21/h5-6,10-11,17H,3-4,7-9H2,1-2H3. The first-order chi connectivity index (χ1) is 10.3. The van der Waals surface area contributed by atoms with Crippen LogP contribution in [-0.2, 0) is 14.6 Å². The van der Waals surface area contributed by atoms with Crippen molar-refractivity contribution >= 4 is 15.7 Å². The Kier molecular flexibility index (Phi) is 5.18. The number of carbonyl (C=O) groups excluding carboxylic acids is 1. The maximum atomic E-state index is 13.9. The van der Waals surface area contributed by atoms with Crippen LogP contribution >= 0.6 is 0 Å². The molecular formula is C15H21FN2O3S. The van der Waals surface area contributed by atoms with Crippen molar-refractivity contribution < 1.29 is 17.6 Å². The molecule has 1 aliphatic rings. The Labute approximate surface area is 130 Å². The Morgan fingerprint density at radius 3 is 2.68 bits per heavy atom. The molecule has 2 rings (SSSR count). The second-order valence-corrected chi connectivity index (χ2v) is 7.61. The van der Waals surface area contributed by atoms with Crippen LogP contribution < -0.4 is 5.32 Å². The number of nitrogens with one attached hydrogen (secondary N) is 1. The third-order valence-electron chi connectivity index (χ3n) is 3.86. The van der Waals surface area contributed by atoms with Crippen LogP contribution in [0.1, 0.15) is 31.4 Å². The molecule has 1 aliphatic heterocycles. The van der Waals surface area contributed by atoms with E-state index in [4.69, 9.17) is 0 Å². The lowest BCUT2D eigenvalue weighted by atomic mass is 10.1. The fourth-order valence-corrected chi connectivity index (χ4v) is 3.29. The number of benzene rings is 1. The molecule has 0 saturated carbocycles. The summed E-state index contributed by atoms with van der Waals surface area (Å²) in [7, 11) is -3.55. The van der Waals surface area contributed by atoms with Crippen molar-refractivity contribution in [1.82, 2.24) is 10.2 Å². The van der Waals surface area contributed by atoms with Gasteiger partial charge >= 0.3 is 0 Å². The van der Waals surface area contributed by atoms with E-state index >= 15 is 0 Å². The van der Waals surface area contributed by atoms with Crippen LogP contribution in [-0.4, -0.2) is 45.1 Å². The average Bonchev–Trinajstić information content (AvgIpc) is 2.82. The van der Waals surface area contributed by atoms with Crippen LogP contribution in [0.3, 0.4) is 0 Å². The Bertz CT molecular complexity index is 661. The molecule has 1 atom stereocenters. The first kappa shape index (κ1) is 16.9.